The fraction of sp³-hybridized carbons (Fsp3) is 0.0833. The molecule has 2 aliphatic carbocycles. The van der Waals surface area contributed by atoms with Gasteiger partial charge >= 0.3 is 0 Å². The van der Waals surface area contributed by atoms with Gasteiger partial charge in [-0.25, -0.2) is 0 Å². The molecule has 10 rings (SSSR count). The average Bonchev–Trinajstić information content (AvgIpc) is 3.18. The van der Waals surface area contributed by atoms with Crippen molar-refractivity contribution in [3.05, 3.63) is 192 Å². The van der Waals surface area contributed by atoms with E-state index in [4.69, 9.17) is 0 Å². The maximum absolute atomic E-state index is 2.48. The van der Waals surface area contributed by atoms with E-state index in [0.29, 0.717) is 0 Å². The summed E-state index contributed by atoms with van der Waals surface area (Å²) in [6.07, 6.45) is 4.13. The van der Waals surface area contributed by atoms with Gasteiger partial charge in [-0.1, -0.05) is 109 Å². The van der Waals surface area contributed by atoms with Gasteiger partial charge in [0.15, 0.2) is 0 Å². The quantitative estimate of drug-likeness (QED) is 0.178. The van der Waals surface area contributed by atoms with Gasteiger partial charge in [0.1, 0.15) is 0 Å². The molecule has 0 radical (unpaired) electrons. The summed E-state index contributed by atoms with van der Waals surface area (Å²) in [5.41, 5.74) is 16.1. The zero-order valence-corrected chi connectivity index (χ0v) is 27.9. The molecule has 0 unspecified atom stereocenters. The molecule has 2 nitrogen and oxygen atoms in total. The zero-order valence-electron chi connectivity index (χ0n) is 27.9. The summed E-state index contributed by atoms with van der Waals surface area (Å²) in [5.74, 6) is 0. The van der Waals surface area contributed by atoms with Gasteiger partial charge < -0.3 is 9.80 Å². The normalized spacial score (nSPS) is 12.9. The highest BCUT2D eigenvalue weighted by Gasteiger charge is 2.29. The predicted octanol–water partition coefficient (Wildman–Crippen LogP) is 12.8. The van der Waals surface area contributed by atoms with Crippen LogP contribution in [0.3, 0.4) is 0 Å². The van der Waals surface area contributed by atoms with Gasteiger partial charge in [-0.3, -0.25) is 0 Å². The Morgan fingerprint density at radius 3 is 1.04 bits per heavy atom. The van der Waals surface area contributed by atoms with Gasteiger partial charge in [0.05, 0.1) is 11.4 Å². The SMILES string of the molecule is c1ccc(N(c2cc3c4c(c2)CCc2cc(N(c5ccccc5)c5cccc6ccccc56)cc(c2-4)CC3)c2cccc3ccccc23)cc1. The van der Waals surface area contributed by atoms with Crippen LogP contribution >= 0.6 is 0 Å². The molecular formula is C48H36N2. The second-order valence-corrected chi connectivity index (χ2v) is 13.6. The molecule has 0 spiro atoms. The van der Waals surface area contributed by atoms with Crippen molar-refractivity contribution in [2.24, 2.45) is 0 Å². The molecule has 0 saturated carbocycles. The molecular weight excluding hydrogens is 605 g/mol. The second-order valence-electron chi connectivity index (χ2n) is 13.6. The number of hydrogen-bond acceptors (Lipinski definition) is 2. The van der Waals surface area contributed by atoms with Crippen molar-refractivity contribution >= 4 is 55.7 Å². The van der Waals surface area contributed by atoms with E-state index in [0.717, 1.165) is 25.7 Å². The van der Waals surface area contributed by atoms with Gasteiger partial charge in [-0.15, -0.1) is 0 Å². The number of nitrogens with zero attached hydrogens (tertiary/aromatic N) is 2. The summed E-state index contributed by atoms with van der Waals surface area (Å²) < 4.78 is 0. The van der Waals surface area contributed by atoms with Gasteiger partial charge in [0.25, 0.3) is 0 Å². The Balaban J connectivity index is 1.13. The molecule has 0 saturated heterocycles. The first-order chi connectivity index (χ1) is 24.8. The van der Waals surface area contributed by atoms with Gasteiger partial charge in [0.2, 0.25) is 0 Å². The Morgan fingerprint density at radius 1 is 0.300 bits per heavy atom. The van der Waals surface area contributed by atoms with Gasteiger partial charge in [-0.2, -0.15) is 0 Å². The van der Waals surface area contributed by atoms with Crippen molar-refractivity contribution in [2.45, 2.75) is 25.7 Å². The molecule has 2 aliphatic rings. The van der Waals surface area contributed by atoms with Crippen molar-refractivity contribution < 1.29 is 0 Å². The minimum absolute atomic E-state index is 1.03. The Labute approximate surface area is 293 Å². The summed E-state index contributed by atoms with van der Waals surface area (Å²) in [6, 6.07) is 62.5. The van der Waals surface area contributed by atoms with E-state index >= 15 is 0 Å². The molecule has 238 valence electrons. The van der Waals surface area contributed by atoms with Crippen LogP contribution in [0.2, 0.25) is 0 Å². The van der Waals surface area contributed by atoms with Gasteiger partial charge in [0, 0.05) is 33.5 Å². The number of para-hydroxylation sites is 2. The molecule has 0 N–H and O–H groups in total. The van der Waals surface area contributed by atoms with Crippen LogP contribution in [0.1, 0.15) is 22.3 Å². The smallest absolute Gasteiger partial charge is 0.0540 e. The zero-order chi connectivity index (χ0) is 33.0. The number of fused-ring (bicyclic) bond motifs is 2. The number of rotatable bonds is 6. The first kappa shape index (κ1) is 28.9. The van der Waals surface area contributed by atoms with Crippen LogP contribution in [0.5, 0.6) is 0 Å². The molecule has 0 aliphatic heterocycles. The Morgan fingerprint density at radius 2 is 0.640 bits per heavy atom. The van der Waals surface area contributed by atoms with Crippen LogP contribution in [-0.2, 0) is 25.7 Å². The molecule has 0 heterocycles. The number of anilines is 6. The summed E-state index contributed by atoms with van der Waals surface area (Å²) in [4.78, 5) is 4.93. The molecule has 8 aromatic rings. The van der Waals surface area contributed by atoms with Crippen LogP contribution in [0.25, 0.3) is 32.7 Å². The van der Waals surface area contributed by atoms with Crippen molar-refractivity contribution in [1.82, 2.24) is 0 Å². The summed E-state index contributed by atoms with van der Waals surface area (Å²) >= 11 is 0. The molecule has 0 bridgehead atoms. The van der Waals surface area contributed by atoms with Crippen LogP contribution < -0.4 is 9.80 Å². The van der Waals surface area contributed by atoms with Crippen LogP contribution in [0.4, 0.5) is 34.1 Å². The number of hydrogen-bond donors (Lipinski definition) is 0. The lowest BCUT2D eigenvalue weighted by atomic mass is 9.75. The van der Waals surface area contributed by atoms with E-state index in [9.17, 15) is 0 Å². The molecule has 0 atom stereocenters. The maximum Gasteiger partial charge on any atom is 0.0540 e. The summed E-state index contributed by atoms with van der Waals surface area (Å²) in [6.45, 7) is 0. The maximum atomic E-state index is 2.48. The number of aryl methyl sites for hydroxylation is 4. The fourth-order valence-electron chi connectivity index (χ4n) is 8.54. The molecule has 0 fully saturated rings. The third-order valence-corrected chi connectivity index (χ3v) is 10.7. The number of benzene rings is 8. The Hall–Kier alpha value is -6.12. The fourth-order valence-corrected chi connectivity index (χ4v) is 8.54. The minimum atomic E-state index is 1.03. The van der Waals surface area contributed by atoms with E-state index in [1.54, 1.807) is 0 Å². The second kappa shape index (κ2) is 11.8. The third-order valence-electron chi connectivity index (χ3n) is 10.7. The molecule has 2 heteroatoms. The molecule has 8 aromatic carbocycles. The Bertz CT molecular complexity index is 2310. The van der Waals surface area contributed by atoms with Crippen molar-refractivity contribution in [2.75, 3.05) is 9.80 Å². The highest BCUT2D eigenvalue weighted by atomic mass is 15.1. The summed E-state index contributed by atoms with van der Waals surface area (Å²) in [7, 11) is 0. The standard InChI is InChI=1S/C48H36N2/c1-3-17-39(18-4-1)49(45-23-11-15-33-13-7-9-21-43(33)45)41-29-35-25-27-37-31-42(32-38-28-26-36(30-41)47(35)48(37)38)50(40-19-5-2-6-20-40)46-24-12-16-34-14-8-10-22-44(34)46/h1-24,29-32H,25-28H2. The van der Waals surface area contributed by atoms with Crippen LogP contribution in [0.15, 0.2) is 170 Å². The van der Waals surface area contributed by atoms with Crippen LogP contribution in [-0.4, -0.2) is 0 Å². The molecule has 0 aromatic heterocycles. The minimum Gasteiger partial charge on any atom is -0.310 e. The van der Waals surface area contributed by atoms with Crippen molar-refractivity contribution in [3.63, 3.8) is 0 Å². The van der Waals surface area contributed by atoms with E-state index in [1.807, 2.05) is 0 Å². The van der Waals surface area contributed by atoms with E-state index < -0.39 is 0 Å². The lowest BCUT2D eigenvalue weighted by Crippen LogP contribution is -2.18. The average molecular weight is 641 g/mol. The van der Waals surface area contributed by atoms with Crippen molar-refractivity contribution in [3.8, 4) is 11.1 Å². The monoisotopic (exact) mass is 640 g/mol. The van der Waals surface area contributed by atoms with E-state index in [2.05, 4.69) is 180 Å². The third kappa shape index (κ3) is 4.71. The first-order valence-electron chi connectivity index (χ1n) is 17.8. The topological polar surface area (TPSA) is 6.48 Å². The lowest BCUT2D eigenvalue weighted by molar-refractivity contribution is 0.875. The Kier molecular flexibility index (Phi) is 6.80. The molecule has 50 heavy (non-hydrogen) atoms. The van der Waals surface area contributed by atoms with E-state index in [1.165, 1.54) is 89.0 Å². The highest BCUT2D eigenvalue weighted by Crippen LogP contribution is 2.49. The molecule has 0 amide bonds. The predicted molar refractivity (Wildman–Crippen MR) is 211 cm³/mol. The van der Waals surface area contributed by atoms with E-state index in [-0.39, 0.29) is 0 Å². The first-order valence-corrected chi connectivity index (χ1v) is 17.8. The van der Waals surface area contributed by atoms with Crippen molar-refractivity contribution in [1.29, 1.82) is 0 Å². The largest absolute Gasteiger partial charge is 0.310 e. The van der Waals surface area contributed by atoms with Crippen LogP contribution in [0, 0.1) is 0 Å². The highest BCUT2D eigenvalue weighted by molar-refractivity contribution is 6.01. The summed E-state index contributed by atoms with van der Waals surface area (Å²) in [5, 5.41) is 5.04. The van der Waals surface area contributed by atoms with Gasteiger partial charge in [-0.05, 0) is 131 Å². The lowest BCUT2D eigenvalue weighted by Gasteiger charge is -2.35.